The van der Waals surface area contributed by atoms with Gasteiger partial charge in [-0.25, -0.2) is 4.79 Å². The van der Waals surface area contributed by atoms with E-state index in [1.54, 1.807) is 0 Å². The SMILES string of the molecule is Cc1ccc(C(C)C)c(OC(O)COC(=O)c2ccc(O)c(O)c2)c1. The molecule has 25 heavy (non-hydrogen) atoms. The van der Waals surface area contributed by atoms with Gasteiger partial charge in [-0.05, 0) is 48.2 Å². The van der Waals surface area contributed by atoms with Crippen LogP contribution in [0.3, 0.4) is 0 Å². The van der Waals surface area contributed by atoms with E-state index >= 15 is 0 Å². The number of esters is 1. The maximum atomic E-state index is 11.9. The normalized spacial score (nSPS) is 12.0. The minimum atomic E-state index is -1.33. The Morgan fingerprint density at radius 1 is 1.08 bits per heavy atom. The molecular weight excluding hydrogens is 324 g/mol. The molecule has 0 aromatic heterocycles. The van der Waals surface area contributed by atoms with Gasteiger partial charge in [-0.1, -0.05) is 26.0 Å². The highest BCUT2D eigenvalue weighted by atomic mass is 16.6. The molecule has 0 heterocycles. The van der Waals surface area contributed by atoms with Crippen molar-refractivity contribution < 1.29 is 29.6 Å². The van der Waals surface area contributed by atoms with Gasteiger partial charge in [0.2, 0.25) is 6.29 Å². The van der Waals surface area contributed by atoms with Gasteiger partial charge in [-0.15, -0.1) is 0 Å². The first kappa shape index (κ1) is 18.6. The smallest absolute Gasteiger partial charge is 0.338 e. The molecule has 0 aliphatic carbocycles. The molecule has 0 fully saturated rings. The van der Waals surface area contributed by atoms with Crippen LogP contribution in [0.5, 0.6) is 17.2 Å². The van der Waals surface area contributed by atoms with E-state index < -0.39 is 18.0 Å². The molecular formula is C19H22O6. The maximum absolute atomic E-state index is 11.9. The molecule has 2 aromatic carbocycles. The summed E-state index contributed by atoms with van der Waals surface area (Å²) in [4.78, 5) is 11.9. The van der Waals surface area contributed by atoms with Gasteiger partial charge in [0, 0.05) is 0 Å². The number of aromatic hydroxyl groups is 2. The zero-order valence-electron chi connectivity index (χ0n) is 14.4. The monoisotopic (exact) mass is 346 g/mol. The first-order valence-corrected chi connectivity index (χ1v) is 7.92. The van der Waals surface area contributed by atoms with Crippen molar-refractivity contribution >= 4 is 5.97 Å². The fraction of sp³-hybridized carbons (Fsp3) is 0.316. The number of phenolic OH excluding ortho intramolecular Hbond substituents is 2. The molecule has 0 aliphatic rings. The Morgan fingerprint density at radius 2 is 1.80 bits per heavy atom. The molecule has 6 heteroatoms. The van der Waals surface area contributed by atoms with Crippen molar-refractivity contribution in [2.24, 2.45) is 0 Å². The standard InChI is InChI=1S/C19H22O6/c1-11(2)14-6-4-12(3)8-17(14)25-18(22)10-24-19(23)13-5-7-15(20)16(21)9-13/h4-9,11,18,20-22H,10H2,1-3H3. The van der Waals surface area contributed by atoms with Gasteiger partial charge < -0.3 is 24.8 Å². The second-order valence-corrected chi connectivity index (χ2v) is 6.07. The van der Waals surface area contributed by atoms with Crippen LogP contribution in [0.25, 0.3) is 0 Å². The van der Waals surface area contributed by atoms with Crippen LogP contribution in [-0.2, 0) is 4.74 Å². The predicted octanol–water partition coefficient (Wildman–Crippen LogP) is 3.08. The number of carbonyl (C=O) groups excluding carboxylic acids is 1. The van der Waals surface area contributed by atoms with Crippen molar-refractivity contribution in [1.29, 1.82) is 0 Å². The molecule has 0 amide bonds. The fourth-order valence-electron chi connectivity index (χ4n) is 2.28. The second kappa shape index (κ2) is 7.90. The van der Waals surface area contributed by atoms with E-state index in [0.717, 1.165) is 17.2 Å². The number of aliphatic hydroxyl groups is 1. The molecule has 0 saturated carbocycles. The number of aryl methyl sites for hydroxylation is 1. The average Bonchev–Trinajstić information content (AvgIpc) is 2.55. The third kappa shape index (κ3) is 4.87. The lowest BCUT2D eigenvalue weighted by Gasteiger charge is -2.18. The molecule has 0 aliphatic heterocycles. The summed E-state index contributed by atoms with van der Waals surface area (Å²) < 4.78 is 10.5. The summed E-state index contributed by atoms with van der Waals surface area (Å²) in [5.41, 5.74) is 1.99. The summed E-state index contributed by atoms with van der Waals surface area (Å²) in [5, 5.41) is 28.6. The van der Waals surface area contributed by atoms with Gasteiger partial charge in [-0.2, -0.15) is 0 Å². The van der Waals surface area contributed by atoms with Gasteiger partial charge in [0.25, 0.3) is 0 Å². The minimum Gasteiger partial charge on any atom is -0.504 e. The van der Waals surface area contributed by atoms with E-state index in [2.05, 4.69) is 0 Å². The minimum absolute atomic E-state index is 0.0564. The summed E-state index contributed by atoms with van der Waals surface area (Å²) in [6, 6.07) is 9.29. The van der Waals surface area contributed by atoms with E-state index in [-0.39, 0.29) is 23.8 Å². The molecule has 0 bridgehead atoms. The van der Waals surface area contributed by atoms with Crippen LogP contribution >= 0.6 is 0 Å². The summed E-state index contributed by atoms with van der Waals surface area (Å²) in [6.45, 7) is 5.58. The molecule has 2 aromatic rings. The second-order valence-electron chi connectivity index (χ2n) is 6.07. The first-order valence-electron chi connectivity index (χ1n) is 7.92. The van der Waals surface area contributed by atoms with E-state index in [0.29, 0.717) is 5.75 Å². The number of phenols is 2. The van der Waals surface area contributed by atoms with Crippen LogP contribution in [0, 0.1) is 6.92 Å². The number of hydrogen-bond acceptors (Lipinski definition) is 6. The number of benzene rings is 2. The Morgan fingerprint density at radius 3 is 2.44 bits per heavy atom. The van der Waals surface area contributed by atoms with Crippen LogP contribution < -0.4 is 4.74 Å². The summed E-state index contributed by atoms with van der Waals surface area (Å²) in [7, 11) is 0. The molecule has 2 rings (SSSR count). The van der Waals surface area contributed by atoms with Gasteiger partial charge >= 0.3 is 5.97 Å². The molecule has 0 radical (unpaired) electrons. The Bertz CT molecular complexity index is 754. The summed E-state index contributed by atoms with van der Waals surface area (Å²) in [6.07, 6.45) is -1.33. The van der Waals surface area contributed by atoms with Crippen molar-refractivity contribution in [3.05, 3.63) is 53.1 Å². The van der Waals surface area contributed by atoms with Crippen LogP contribution in [0.15, 0.2) is 36.4 Å². The lowest BCUT2D eigenvalue weighted by molar-refractivity contribution is -0.0641. The highest BCUT2D eigenvalue weighted by Crippen LogP contribution is 2.28. The molecule has 3 N–H and O–H groups in total. The number of rotatable bonds is 6. The molecule has 1 atom stereocenters. The zero-order valence-corrected chi connectivity index (χ0v) is 14.4. The number of carbonyl (C=O) groups is 1. The Kier molecular flexibility index (Phi) is 5.88. The van der Waals surface area contributed by atoms with E-state index in [1.807, 2.05) is 39.0 Å². The molecule has 134 valence electrons. The fourth-order valence-corrected chi connectivity index (χ4v) is 2.28. The van der Waals surface area contributed by atoms with Gasteiger partial charge in [0.15, 0.2) is 18.1 Å². The molecule has 1 unspecified atom stereocenters. The van der Waals surface area contributed by atoms with Gasteiger partial charge in [-0.3, -0.25) is 0 Å². The largest absolute Gasteiger partial charge is 0.504 e. The van der Waals surface area contributed by atoms with Crippen molar-refractivity contribution in [2.75, 3.05) is 6.61 Å². The van der Waals surface area contributed by atoms with E-state index in [1.165, 1.54) is 12.1 Å². The van der Waals surface area contributed by atoms with Crippen LogP contribution in [0.2, 0.25) is 0 Å². The van der Waals surface area contributed by atoms with Crippen molar-refractivity contribution in [1.82, 2.24) is 0 Å². The van der Waals surface area contributed by atoms with Gasteiger partial charge in [0.05, 0.1) is 5.56 Å². The Hall–Kier alpha value is -2.73. The quantitative estimate of drug-likeness (QED) is 0.423. The van der Waals surface area contributed by atoms with E-state index in [9.17, 15) is 20.1 Å². The number of ether oxygens (including phenoxy) is 2. The third-order valence-electron chi connectivity index (χ3n) is 3.62. The van der Waals surface area contributed by atoms with Crippen LogP contribution in [0.4, 0.5) is 0 Å². The highest BCUT2D eigenvalue weighted by Gasteiger charge is 2.16. The number of aliphatic hydroxyl groups excluding tert-OH is 1. The first-order chi connectivity index (χ1) is 11.8. The summed E-state index contributed by atoms with van der Waals surface area (Å²) >= 11 is 0. The molecule has 0 saturated heterocycles. The van der Waals surface area contributed by atoms with Crippen LogP contribution in [-0.4, -0.2) is 34.2 Å². The lowest BCUT2D eigenvalue weighted by Crippen LogP contribution is -2.25. The topological polar surface area (TPSA) is 96.2 Å². The number of hydrogen-bond donors (Lipinski definition) is 3. The zero-order chi connectivity index (χ0) is 18.6. The Balaban J connectivity index is 1.99. The highest BCUT2D eigenvalue weighted by molar-refractivity contribution is 5.90. The molecule has 0 spiro atoms. The molecule has 6 nitrogen and oxygen atoms in total. The van der Waals surface area contributed by atoms with Crippen molar-refractivity contribution in [2.45, 2.75) is 33.0 Å². The summed E-state index contributed by atoms with van der Waals surface area (Å²) in [5.74, 6) is -0.745. The van der Waals surface area contributed by atoms with E-state index in [4.69, 9.17) is 9.47 Å². The van der Waals surface area contributed by atoms with Gasteiger partial charge in [0.1, 0.15) is 5.75 Å². The van der Waals surface area contributed by atoms with Crippen molar-refractivity contribution in [3.8, 4) is 17.2 Å². The van der Waals surface area contributed by atoms with Crippen LogP contribution in [0.1, 0.15) is 41.3 Å². The lowest BCUT2D eigenvalue weighted by atomic mass is 10.0. The third-order valence-corrected chi connectivity index (χ3v) is 3.62. The maximum Gasteiger partial charge on any atom is 0.338 e. The average molecular weight is 346 g/mol. The predicted molar refractivity (Wildman–Crippen MR) is 92.0 cm³/mol. The Labute approximate surface area is 146 Å². The van der Waals surface area contributed by atoms with Crippen molar-refractivity contribution in [3.63, 3.8) is 0 Å².